The Hall–Kier alpha value is -1.44. The molecular weight excluding hydrogens is 210 g/mol. The maximum atomic E-state index is 5.39. The zero-order valence-corrected chi connectivity index (χ0v) is 10.5. The molecule has 1 aliphatic carbocycles. The van der Waals surface area contributed by atoms with Crippen LogP contribution in [0.15, 0.2) is 36.9 Å². The Morgan fingerprint density at radius 3 is 2.71 bits per heavy atom. The van der Waals surface area contributed by atoms with E-state index < -0.39 is 0 Å². The molecule has 1 aromatic carbocycles. The Morgan fingerprint density at radius 2 is 2.06 bits per heavy atom. The Kier molecular flexibility index (Phi) is 3.72. The molecule has 0 heterocycles. The van der Waals surface area contributed by atoms with Gasteiger partial charge in [0, 0.05) is 5.54 Å². The quantitative estimate of drug-likeness (QED) is 0.773. The first-order valence-corrected chi connectivity index (χ1v) is 6.32. The second kappa shape index (κ2) is 5.26. The summed E-state index contributed by atoms with van der Waals surface area (Å²) in [7, 11) is 1.72. The van der Waals surface area contributed by atoms with Crippen molar-refractivity contribution >= 4 is 5.69 Å². The van der Waals surface area contributed by atoms with Crippen LogP contribution in [0.25, 0.3) is 0 Å². The van der Waals surface area contributed by atoms with Gasteiger partial charge in [0.05, 0.1) is 12.8 Å². The van der Waals surface area contributed by atoms with Crippen molar-refractivity contribution in [2.45, 2.75) is 37.6 Å². The molecule has 92 valence electrons. The van der Waals surface area contributed by atoms with Crippen LogP contribution in [0.5, 0.6) is 5.75 Å². The van der Waals surface area contributed by atoms with E-state index >= 15 is 0 Å². The average Bonchev–Trinajstić information content (AvgIpc) is 2.79. The van der Waals surface area contributed by atoms with Gasteiger partial charge in [0.1, 0.15) is 5.75 Å². The molecule has 1 fully saturated rings. The summed E-state index contributed by atoms with van der Waals surface area (Å²) in [5.74, 6) is 0.919. The fraction of sp³-hybridized carbons (Fsp3) is 0.467. The van der Waals surface area contributed by atoms with E-state index in [1.807, 2.05) is 24.3 Å². The number of anilines is 1. The fourth-order valence-electron chi connectivity index (χ4n) is 2.74. The Labute approximate surface area is 104 Å². The predicted molar refractivity (Wildman–Crippen MR) is 72.6 cm³/mol. The van der Waals surface area contributed by atoms with Gasteiger partial charge >= 0.3 is 0 Å². The first-order chi connectivity index (χ1) is 8.29. The van der Waals surface area contributed by atoms with E-state index in [0.717, 1.165) is 17.9 Å². The average molecular weight is 231 g/mol. The summed E-state index contributed by atoms with van der Waals surface area (Å²) in [6.07, 6.45) is 8.08. The molecule has 0 atom stereocenters. The molecule has 2 nitrogen and oxygen atoms in total. The van der Waals surface area contributed by atoms with Crippen molar-refractivity contribution < 1.29 is 4.74 Å². The number of benzene rings is 1. The van der Waals surface area contributed by atoms with Gasteiger partial charge in [-0.15, -0.1) is 6.58 Å². The Bertz CT molecular complexity index is 380. The van der Waals surface area contributed by atoms with Crippen LogP contribution in [0.3, 0.4) is 0 Å². The van der Waals surface area contributed by atoms with Gasteiger partial charge in [0.15, 0.2) is 0 Å². The number of hydrogen-bond acceptors (Lipinski definition) is 2. The molecule has 0 unspecified atom stereocenters. The first kappa shape index (κ1) is 12.0. The number of para-hydroxylation sites is 2. The lowest BCUT2D eigenvalue weighted by Crippen LogP contribution is -2.34. The van der Waals surface area contributed by atoms with Crippen LogP contribution in [-0.2, 0) is 0 Å². The monoisotopic (exact) mass is 231 g/mol. The van der Waals surface area contributed by atoms with E-state index in [2.05, 4.69) is 18.0 Å². The zero-order valence-electron chi connectivity index (χ0n) is 10.5. The van der Waals surface area contributed by atoms with Crippen molar-refractivity contribution in [1.82, 2.24) is 0 Å². The number of nitrogens with one attached hydrogen (secondary N) is 1. The van der Waals surface area contributed by atoms with E-state index in [0.29, 0.717) is 0 Å². The highest BCUT2D eigenvalue weighted by atomic mass is 16.5. The molecule has 1 saturated carbocycles. The van der Waals surface area contributed by atoms with E-state index in [1.165, 1.54) is 25.7 Å². The summed E-state index contributed by atoms with van der Waals surface area (Å²) >= 11 is 0. The molecule has 0 spiro atoms. The topological polar surface area (TPSA) is 21.3 Å². The van der Waals surface area contributed by atoms with Gasteiger partial charge in [0.2, 0.25) is 0 Å². The van der Waals surface area contributed by atoms with E-state index in [1.54, 1.807) is 7.11 Å². The van der Waals surface area contributed by atoms with Gasteiger partial charge in [-0.25, -0.2) is 0 Å². The highest BCUT2D eigenvalue weighted by Gasteiger charge is 2.32. The third kappa shape index (κ3) is 2.63. The Morgan fingerprint density at radius 1 is 1.35 bits per heavy atom. The molecule has 0 aliphatic heterocycles. The highest BCUT2D eigenvalue weighted by Crippen LogP contribution is 2.38. The predicted octanol–water partition coefficient (Wildman–Crippen LogP) is 4.00. The highest BCUT2D eigenvalue weighted by molar-refractivity contribution is 5.58. The van der Waals surface area contributed by atoms with E-state index in [9.17, 15) is 0 Å². The van der Waals surface area contributed by atoms with Crippen molar-refractivity contribution in [2.75, 3.05) is 12.4 Å². The molecule has 2 rings (SSSR count). The summed E-state index contributed by atoms with van der Waals surface area (Å²) in [6, 6.07) is 8.13. The molecule has 17 heavy (non-hydrogen) atoms. The van der Waals surface area contributed by atoms with Crippen LogP contribution in [0.4, 0.5) is 5.69 Å². The summed E-state index contributed by atoms with van der Waals surface area (Å²) in [6.45, 7) is 3.88. The minimum atomic E-state index is 0.191. The molecular formula is C15H21NO. The summed E-state index contributed by atoms with van der Waals surface area (Å²) in [5.41, 5.74) is 1.29. The van der Waals surface area contributed by atoms with Crippen LogP contribution >= 0.6 is 0 Å². The summed E-state index contributed by atoms with van der Waals surface area (Å²) in [5, 5.41) is 3.68. The lowest BCUT2D eigenvalue weighted by Gasteiger charge is -2.31. The van der Waals surface area contributed by atoms with Crippen LogP contribution < -0.4 is 10.1 Å². The molecule has 2 heteroatoms. The second-order valence-electron chi connectivity index (χ2n) is 4.81. The van der Waals surface area contributed by atoms with Crippen molar-refractivity contribution in [2.24, 2.45) is 0 Å². The molecule has 0 radical (unpaired) electrons. The van der Waals surface area contributed by atoms with Crippen molar-refractivity contribution in [3.8, 4) is 5.75 Å². The molecule has 1 aromatic rings. The van der Waals surface area contributed by atoms with Crippen LogP contribution in [0.2, 0.25) is 0 Å². The SMILES string of the molecule is C=CCC1(Nc2ccccc2OC)CCCC1. The summed E-state index contributed by atoms with van der Waals surface area (Å²) in [4.78, 5) is 0. The third-order valence-corrected chi connectivity index (χ3v) is 3.60. The fourth-order valence-corrected chi connectivity index (χ4v) is 2.74. The van der Waals surface area contributed by atoms with E-state index in [4.69, 9.17) is 4.74 Å². The van der Waals surface area contributed by atoms with Crippen molar-refractivity contribution in [3.63, 3.8) is 0 Å². The molecule has 1 aliphatic rings. The molecule has 0 aromatic heterocycles. The largest absolute Gasteiger partial charge is 0.495 e. The Balaban J connectivity index is 2.19. The van der Waals surface area contributed by atoms with Gasteiger partial charge in [0.25, 0.3) is 0 Å². The number of rotatable bonds is 5. The third-order valence-electron chi connectivity index (χ3n) is 3.60. The van der Waals surface area contributed by atoms with Gasteiger partial charge in [-0.3, -0.25) is 0 Å². The van der Waals surface area contributed by atoms with Crippen molar-refractivity contribution in [1.29, 1.82) is 0 Å². The molecule has 0 amide bonds. The van der Waals surface area contributed by atoms with Crippen molar-refractivity contribution in [3.05, 3.63) is 36.9 Å². The van der Waals surface area contributed by atoms with Gasteiger partial charge in [-0.1, -0.05) is 31.1 Å². The number of hydrogen-bond donors (Lipinski definition) is 1. The maximum absolute atomic E-state index is 5.39. The molecule has 0 saturated heterocycles. The van der Waals surface area contributed by atoms with Crippen LogP contribution in [-0.4, -0.2) is 12.6 Å². The first-order valence-electron chi connectivity index (χ1n) is 6.32. The smallest absolute Gasteiger partial charge is 0.141 e. The lowest BCUT2D eigenvalue weighted by atomic mass is 9.92. The number of ether oxygens (including phenoxy) is 1. The lowest BCUT2D eigenvalue weighted by molar-refractivity contribution is 0.412. The zero-order chi connectivity index (χ0) is 12.1. The normalized spacial score (nSPS) is 17.7. The van der Waals surface area contributed by atoms with Gasteiger partial charge < -0.3 is 10.1 Å². The number of methoxy groups -OCH3 is 1. The minimum Gasteiger partial charge on any atom is -0.495 e. The van der Waals surface area contributed by atoms with Crippen LogP contribution in [0.1, 0.15) is 32.1 Å². The summed E-state index contributed by atoms with van der Waals surface area (Å²) < 4.78 is 5.39. The second-order valence-corrected chi connectivity index (χ2v) is 4.81. The van der Waals surface area contributed by atoms with Gasteiger partial charge in [-0.05, 0) is 31.4 Å². The molecule has 0 bridgehead atoms. The van der Waals surface area contributed by atoms with Crippen LogP contribution in [0, 0.1) is 0 Å². The molecule has 1 N–H and O–H groups in total. The standard InChI is InChI=1S/C15H21NO/c1-3-10-15(11-6-7-12-15)16-13-8-4-5-9-14(13)17-2/h3-5,8-9,16H,1,6-7,10-12H2,2H3. The minimum absolute atomic E-state index is 0.191. The maximum Gasteiger partial charge on any atom is 0.141 e. The van der Waals surface area contributed by atoms with E-state index in [-0.39, 0.29) is 5.54 Å². The van der Waals surface area contributed by atoms with Gasteiger partial charge in [-0.2, -0.15) is 0 Å².